The Morgan fingerprint density at radius 3 is 2.58 bits per heavy atom. The van der Waals surface area contributed by atoms with Crippen LogP contribution in [-0.4, -0.2) is 34.5 Å². The summed E-state index contributed by atoms with van der Waals surface area (Å²) in [5, 5.41) is 9.18. The molecule has 0 radical (unpaired) electrons. The molecule has 0 spiro atoms. The predicted molar refractivity (Wildman–Crippen MR) is 70.4 cm³/mol. The molecule has 1 saturated heterocycles. The van der Waals surface area contributed by atoms with Crippen LogP contribution in [-0.2, 0) is 9.59 Å². The van der Waals surface area contributed by atoms with E-state index in [0.717, 1.165) is 12.8 Å². The molecule has 0 aromatic heterocycles. The zero-order valence-corrected chi connectivity index (χ0v) is 10.7. The molecule has 1 fully saturated rings. The minimum Gasteiger partial charge on any atom is -0.480 e. The summed E-state index contributed by atoms with van der Waals surface area (Å²) in [6, 6.07) is 7.50. The summed E-state index contributed by atoms with van der Waals surface area (Å²) < 4.78 is 0. The highest BCUT2D eigenvalue weighted by molar-refractivity contribution is 5.87. The van der Waals surface area contributed by atoms with Gasteiger partial charge in [-0.3, -0.25) is 4.79 Å². The van der Waals surface area contributed by atoms with Crippen molar-refractivity contribution in [2.45, 2.75) is 31.3 Å². The number of nitrogens with zero attached hydrogens (tertiary/aromatic N) is 1. The van der Waals surface area contributed by atoms with E-state index in [0.29, 0.717) is 18.5 Å². The van der Waals surface area contributed by atoms with Crippen molar-refractivity contribution in [3.8, 4) is 0 Å². The van der Waals surface area contributed by atoms with Gasteiger partial charge in [-0.1, -0.05) is 30.3 Å². The lowest BCUT2D eigenvalue weighted by molar-refractivity contribution is -0.152. The molecule has 102 valence electrons. The van der Waals surface area contributed by atoms with Gasteiger partial charge in [0.15, 0.2) is 0 Å². The Morgan fingerprint density at radius 1 is 1.26 bits per heavy atom. The lowest BCUT2D eigenvalue weighted by Gasteiger charge is -2.34. The molecule has 1 aliphatic rings. The number of rotatable bonds is 3. The lowest BCUT2D eigenvalue weighted by Crippen LogP contribution is -2.50. The second-order valence-corrected chi connectivity index (χ2v) is 4.77. The Bertz CT molecular complexity index is 461. The van der Waals surface area contributed by atoms with E-state index in [2.05, 4.69) is 0 Å². The molecule has 2 rings (SSSR count). The average Bonchev–Trinajstić information content (AvgIpc) is 2.46. The number of amides is 1. The third kappa shape index (κ3) is 2.93. The smallest absolute Gasteiger partial charge is 0.326 e. The van der Waals surface area contributed by atoms with E-state index in [4.69, 9.17) is 5.73 Å². The molecule has 5 nitrogen and oxygen atoms in total. The average molecular weight is 262 g/mol. The summed E-state index contributed by atoms with van der Waals surface area (Å²) >= 11 is 0. The topological polar surface area (TPSA) is 83.6 Å². The van der Waals surface area contributed by atoms with Crippen LogP contribution in [0, 0.1) is 0 Å². The first-order valence-electron chi connectivity index (χ1n) is 6.45. The van der Waals surface area contributed by atoms with Crippen molar-refractivity contribution in [3.63, 3.8) is 0 Å². The Labute approximate surface area is 112 Å². The van der Waals surface area contributed by atoms with E-state index in [1.807, 2.05) is 18.2 Å². The Hall–Kier alpha value is -1.88. The van der Waals surface area contributed by atoms with Crippen molar-refractivity contribution in [3.05, 3.63) is 35.9 Å². The molecule has 19 heavy (non-hydrogen) atoms. The monoisotopic (exact) mass is 262 g/mol. The van der Waals surface area contributed by atoms with E-state index in [1.54, 1.807) is 12.1 Å². The SMILES string of the molecule is N[C@H](C(=O)N1CCCC[C@@H]1C(=O)O)c1ccccc1. The highest BCUT2D eigenvalue weighted by Crippen LogP contribution is 2.21. The largest absolute Gasteiger partial charge is 0.480 e. The predicted octanol–water partition coefficient (Wildman–Crippen LogP) is 1.15. The van der Waals surface area contributed by atoms with Crippen molar-refractivity contribution in [1.82, 2.24) is 4.90 Å². The standard InChI is InChI=1S/C14H18N2O3/c15-12(10-6-2-1-3-7-10)13(17)16-9-5-4-8-11(16)14(18)19/h1-3,6-7,11-12H,4-5,8-9,15H2,(H,18,19)/t11-,12+/m1/s1. The normalized spacial score (nSPS) is 20.9. The van der Waals surface area contributed by atoms with E-state index >= 15 is 0 Å². The van der Waals surface area contributed by atoms with Crippen LogP contribution in [0.4, 0.5) is 0 Å². The van der Waals surface area contributed by atoms with Crippen molar-refractivity contribution in [2.24, 2.45) is 5.73 Å². The van der Waals surface area contributed by atoms with Gasteiger partial charge in [-0.15, -0.1) is 0 Å². The number of likely N-dealkylation sites (tertiary alicyclic amines) is 1. The molecule has 0 bridgehead atoms. The van der Waals surface area contributed by atoms with Crippen LogP contribution in [0.15, 0.2) is 30.3 Å². The molecule has 0 aliphatic carbocycles. The molecule has 0 unspecified atom stereocenters. The molecule has 1 aliphatic heterocycles. The summed E-state index contributed by atoms with van der Waals surface area (Å²) in [4.78, 5) is 25.0. The number of carboxylic acid groups (broad SMARTS) is 1. The molecular weight excluding hydrogens is 244 g/mol. The van der Waals surface area contributed by atoms with Gasteiger partial charge >= 0.3 is 5.97 Å². The number of carbonyl (C=O) groups excluding carboxylic acids is 1. The van der Waals surface area contributed by atoms with Crippen LogP contribution in [0.2, 0.25) is 0 Å². The maximum absolute atomic E-state index is 12.4. The highest BCUT2D eigenvalue weighted by Gasteiger charge is 2.34. The molecule has 1 heterocycles. The maximum Gasteiger partial charge on any atom is 0.326 e. The number of hydrogen-bond donors (Lipinski definition) is 2. The fraction of sp³-hybridized carbons (Fsp3) is 0.429. The van der Waals surface area contributed by atoms with Crippen LogP contribution in [0.3, 0.4) is 0 Å². The number of benzene rings is 1. The second-order valence-electron chi connectivity index (χ2n) is 4.77. The first-order chi connectivity index (χ1) is 9.11. The fourth-order valence-electron chi connectivity index (χ4n) is 2.43. The minimum absolute atomic E-state index is 0.307. The van der Waals surface area contributed by atoms with Crippen LogP contribution in [0.25, 0.3) is 0 Å². The van der Waals surface area contributed by atoms with E-state index in [9.17, 15) is 14.7 Å². The van der Waals surface area contributed by atoms with Gasteiger partial charge in [0, 0.05) is 6.54 Å². The van der Waals surface area contributed by atoms with E-state index in [-0.39, 0.29) is 5.91 Å². The van der Waals surface area contributed by atoms with Gasteiger partial charge in [0.25, 0.3) is 0 Å². The molecule has 0 saturated carbocycles. The number of nitrogens with two attached hydrogens (primary N) is 1. The quantitative estimate of drug-likeness (QED) is 0.856. The molecule has 5 heteroatoms. The van der Waals surface area contributed by atoms with Crippen LogP contribution >= 0.6 is 0 Å². The van der Waals surface area contributed by atoms with Crippen molar-refractivity contribution < 1.29 is 14.7 Å². The number of aliphatic carboxylic acids is 1. The summed E-state index contributed by atoms with van der Waals surface area (Å²) in [6.45, 7) is 0.469. The molecule has 3 N–H and O–H groups in total. The van der Waals surface area contributed by atoms with Crippen LogP contribution < -0.4 is 5.73 Å². The second kappa shape index (κ2) is 5.84. The zero-order valence-electron chi connectivity index (χ0n) is 10.7. The van der Waals surface area contributed by atoms with Gasteiger partial charge in [0.1, 0.15) is 12.1 Å². The summed E-state index contributed by atoms with van der Waals surface area (Å²) in [6.07, 6.45) is 2.17. The molecule has 2 atom stereocenters. The minimum atomic E-state index is -0.951. The van der Waals surface area contributed by atoms with Gasteiger partial charge in [-0.05, 0) is 24.8 Å². The van der Waals surface area contributed by atoms with Crippen molar-refractivity contribution in [1.29, 1.82) is 0 Å². The van der Waals surface area contributed by atoms with Crippen LogP contribution in [0.5, 0.6) is 0 Å². The van der Waals surface area contributed by atoms with Gasteiger partial charge < -0.3 is 15.7 Å². The summed E-state index contributed by atoms with van der Waals surface area (Å²) in [7, 11) is 0. The first-order valence-corrected chi connectivity index (χ1v) is 6.45. The number of carboxylic acids is 1. The van der Waals surface area contributed by atoms with E-state index < -0.39 is 18.1 Å². The van der Waals surface area contributed by atoms with Crippen LogP contribution in [0.1, 0.15) is 30.9 Å². The Balaban J connectivity index is 2.15. The van der Waals surface area contributed by atoms with Crippen molar-refractivity contribution in [2.75, 3.05) is 6.54 Å². The maximum atomic E-state index is 12.4. The summed E-state index contributed by atoms with van der Waals surface area (Å²) in [5.74, 6) is -1.26. The lowest BCUT2D eigenvalue weighted by atomic mass is 9.99. The third-order valence-corrected chi connectivity index (χ3v) is 3.50. The zero-order chi connectivity index (χ0) is 13.8. The van der Waals surface area contributed by atoms with Gasteiger partial charge in [-0.25, -0.2) is 4.79 Å². The molecular formula is C14H18N2O3. The number of carbonyl (C=O) groups is 2. The van der Waals surface area contributed by atoms with Gasteiger partial charge in [0.05, 0.1) is 0 Å². The number of hydrogen-bond acceptors (Lipinski definition) is 3. The summed E-state index contributed by atoms with van der Waals surface area (Å²) in [5.41, 5.74) is 6.66. The van der Waals surface area contributed by atoms with Gasteiger partial charge in [0.2, 0.25) is 5.91 Å². The highest BCUT2D eigenvalue weighted by atomic mass is 16.4. The van der Waals surface area contributed by atoms with E-state index in [1.165, 1.54) is 4.90 Å². The Morgan fingerprint density at radius 2 is 1.95 bits per heavy atom. The molecule has 1 aromatic carbocycles. The van der Waals surface area contributed by atoms with Crippen molar-refractivity contribution >= 4 is 11.9 Å². The fourth-order valence-corrected chi connectivity index (χ4v) is 2.43. The molecule has 1 amide bonds. The third-order valence-electron chi connectivity index (χ3n) is 3.50. The molecule has 1 aromatic rings. The first kappa shape index (κ1) is 13.5. The van der Waals surface area contributed by atoms with Gasteiger partial charge in [-0.2, -0.15) is 0 Å². The number of piperidine rings is 1. The Kier molecular flexibility index (Phi) is 4.16.